The van der Waals surface area contributed by atoms with E-state index in [1.165, 1.54) is 13.1 Å². The highest BCUT2D eigenvalue weighted by molar-refractivity contribution is 7.51. The minimum Gasteiger partial charge on any atom is -0.392 e. The van der Waals surface area contributed by atoms with Gasteiger partial charge in [0, 0.05) is 38.5 Å². The molecule has 2 heterocycles. The highest BCUT2D eigenvalue weighted by Crippen LogP contribution is 2.46. The third-order valence-corrected chi connectivity index (χ3v) is 8.36. The number of rotatable bonds is 9. The van der Waals surface area contributed by atoms with Gasteiger partial charge in [0.2, 0.25) is 5.95 Å². The zero-order valence-electron chi connectivity index (χ0n) is 21.4. The molecule has 3 atom stereocenters. The molecule has 0 radical (unpaired) electrons. The molecule has 200 valence electrons. The number of fused-ring (bicyclic) bond motifs is 1. The average molecular weight is 530 g/mol. The number of carbonyl (C=O) groups excluding carboxylic acids is 1. The number of hydrogen-bond donors (Lipinski definition) is 4. The second-order valence-corrected chi connectivity index (χ2v) is 12.5. The smallest absolute Gasteiger partial charge is 0.325 e. The van der Waals surface area contributed by atoms with Crippen molar-refractivity contribution in [2.24, 2.45) is 11.8 Å². The van der Waals surface area contributed by atoms with Crippen molar-refractivity contribution in [2.45, 2.75) is 64.3 Å². The number of benzene rings is 1. The summed E-state index contributed by atoms with van der Waals surface area (Å²) in [7, 11) is -3.52. The van der Waals surface area contributed by atoms with Crippen molar-refractivity contribution >= 4 is 25.3 Å². The monoisotopic (exact) mass is 529 g/mol. The van der Waals surface area contributed by atoms with E-state index in [1.807, 2.05) is 25.1 Å². The first-order valence-corrected chi connectivity index (χ1v) is 15.1. The largest absolute Gasteiger partial charge is 0.392 e. The van der Waals surface area contributed by atoms with Gasteiger partial charge in [-0.25, -0.2) is 4.98 Å². The van der Waals surface area contributed by atoms with Crippen LogP contribution in [0.5, 0.6) is 0 Å². The maximum absolute atomic E-state index is 13.3. The third-order valence-electron chi connectivity index (χ3n) is 7.67. The lowest BCUT2D eigenvalue weighted by Gasteiger charge is -2.29. The second kappa shape index (κ2) is 10.7. The van der Waals surface area contributed by atoms with Crippen molar-refractivity contribution in [2.75, 3.05) is 30.0 Å². The molecule has 1 amide bonds. The van der Waals surface area contributed by atoms with Gasteiger partial charge < -0.3 is 30.1 Å². The standard InChI is InChI=1S/C26H36N5O5P/c1-16-9-17(3-4-18(16)15-32)11-27-24-23(12-28-26(30-24)31-13-19-10-20(19)14-31)25(33)29-21-5-7-22(8-6-21)36-37(2,34)35/h3-4,9,12,19-22,32H,5-8,10-11,13-15H2,1-2H3,(H,29,33)(H,34,35)(H,27,28,30)/t19?,20?,21-,22-. The van der Waals surface area contributed by atoms with Crippen molar-refractivity contribution < 1.29 is 23.9 Å². The topological polar surface area (TPSA) is 137 Å². The van der Waals surface area contributed by atoms with Crippen LogP contribution >= 0.6 is 7.60 Å². The van der Waals surface area contributed by atoms with Crippen molar-refractivity contribution in [1.29, 1.82) is 0 Å². The number of carbonyl (C=O) groups is 1. The van der Waals surface area contributed by atoms with Crippen LogP contribution in [0.25, 0.3) is 0 Å². The van der Waals surface area contributed by atoms with Crippen LogP contribution in [-0.2, 0) is 22.2 Å². The SMILES string of the molecule is Cc1cc(CNc2nc(N3CC4CC4C3)ncc2C(=O)N[C@H]2CC[C@H](OP(C)(=O)O)CC2)ccc1CO. The lowest BCUT2D eigenvalue weighted by Crippen LogP contribution is -2.39. The number of aryl methyl sites for hydroxylation is 1. The van der Waals surface area contributed by atoms with Crippen LogP contribution in [-0.4, -0.2) is 57.8 Å². The molecule has 1 aliphatic heterocycles. The predicted molar refractivity (Wildman–Crippen MR) is 141 cm³/mol. The average Bonchev–Trinajstić information content (AvgIpc) is 3.47. The Morgan fingerprint density at radius 1 is 1.22 bits per heavy atom. The van der Waals surface area contributed by atoms with Crippen molar-refractivity contribution in [3.05, 3.63) is 46.6 Å². The van der Waals surface area contributed by atoms with Crippen molar-refractivity contribution in [1.82, 2.24) is 15.3 Å². The lowest BCUT2D eigenvalue weighted by atomic mass is 9.93. The van der Waals surface area contributed by atoms with Crippen LogP contribution in [0.4, 0.5) is 11.8 Å². The van der Waals surface area contributed by atoms with E-state index >= 15 is 0 Å². The number of aliphatic hydroxyl groups excluding tert-OH is 1. The molecular formula is C26H36N5O5P. The molecule has 4 N–H and O–H groups in total. The minimum atomic E-state index is -3.52. The van der Waals surface area contributed by atoms with Crippen LogP contribution < -0.4 is 15.5 Å². The summed E-state index contributed by atoms with van der Waals surface area (Å²) in [5.41, 5.74) is 3.32. The number of nitrogens with zero attached hydrogens (tertiary/aromatic N) is 3. The summed E-state index contributed by atoms with van der Waals surface area (Å²) in [5.74, 6) is 2.38. The highest BCUT2D eigenvalue weighted by Gasteiger charge is 2.46. The Labute approximate surface area is 217 Å². The molecule has 3 unspecified atom stereocenters. The number of anilines is 2. The van der Waals surface area contributed by atoms with Crippen molar-refractivity contribution in [3.8, 4) is 0 Å². The summed E-state index contributed by atoms with van der Waals surface area (Å²) >= 11 is 0. The van der Waals surface area contributed by atoms with Crippen LogP contribution in [0.1, 0.15) is 59.2 Å². The molecule has 1 saturated heterocycles. The van der Waals surface area contributed by atoms with Gasteiger partial charge >= 0.3 is 7.60 Å². The van der Waals surface area contributed by atoms with Gasteiger partial charge in [0.15, 0.2) is 0 Å². The van der Waals surface area contributed by atoms with E-state index in [1.54, 1.807) is 6.20 Å². The summed E-state index contributed by atoms with van der Waals surface area (Å²) in [4.78, 5) is 34.3. The molecule has 2 aromatic rings. The molecule has 37 heavy (non-hydrogen) atoms. The molecular weight excluding hydrogens is 493 g/mol. The van der Waals surface area contributed by atoms with Gasteiger partial charge in [-0.3, -0.25) is 9.36 Å². The Hall–Kier alpha value is -2.52. The van der Waals surface area contributed by atoms with Gasteiger partial charge in [0.1, 0.15) is 11.4 Å². The molecule has 10 nitrogen and oxygen atoms in total. The van der Waals surface area contributed by atoms with E-state index in [-0.39, 0.29) is 24.7 Å². The quantitative estimate of drug-likeness (QED) is 0.361. The number of aliphatic hydroxyl groups is 1. The van der Waals surface area contributed by atoms with E-state index in [2.05, 4.69) is 20.5 Å². The highest BCUT2D eigenvalue weighted by atomic mass is 31.2. The molecule has 1 aromatic carbocycles. The predicted octanol–water partition coefficient (Wildman–Crippen LogP) is 3.22. The molecule has 11 heteroatoms. The molecule has 3 aliphatic rings. The number of piperidine rings is 1. The number of hydrogen-bond acceptors (Lipinski definition) is 8. The number of amides is 1. The first-order chi connectivity index (χ1) is 17.7. The molecule has 0 bridgehead atoms. The van der Waals surface area contributed by atoms with Crippen LogP contribution in [0.15, 0.2) is 24.4 Å². The van der Waals surface area contributed by atoms with E-state index in [9.17, 15) is 19.4 Å². The Bertz CT molecular complexity index is 1190. The van der Waals surface area contributed by atoms with Crippen LogP contribution in [0.3, 0.4) is 0 Å². The fraction of sp³-hybridized carbons (Fsp3) is 0.577. The molecule has 1 aromatic heterocycles. The van der Waals surface area contributed by atoms with Gasteiger partial charge in [0.25, 0.3) is 5.91 Å². The van der Waals surface area contributed by atoms with E-state index in [0.29, 0.717) is 49.6 Å². The zero-order chi connectivity index (χ0) is 26.2. The molecule has 3 fully saturated rings. The Kier molecular flexibility index (Phi) is 7.54. The second-order valence-electron chi connectivity index (χ2n) is 10.7. The Morgan fingerprint density at radius 3 is 2.59 bits per heavy atom. The van der Waals surface area contributed by atoms with Gasteiger partial charge in [-0.1, -0.05) is 18.2 Å². The van der Waals surface area contributed by atoms with Gasteiger partial charge in [-0.2, -0.15) is 4.98 Å². The maximum atomic E-state index is 13.3. The first kappa shape index (κ1) is 26.1. The normalized spacial score (nSPS) is 26.3. The summed E-state index contributed by atoms with van der Waals surface area (Å²) in [6.45, 7) is 5.57. The van der Waals surface area contributed by atoms with Gasteiger partial charge in [-0.05, 0) is 67.6 Å². The lowest BCUT2D eigenvalue weighted by molar-refractivity contribution is 0.0881. The van der Waals surface area contributed by atoms with E-state index in [0.717, 1.165) is 41.6 Å². The summed E-state index contributed by atoms with van der Waals surface area (Å²) < 4.78 is 16.8. The molecule has 2 aliphatic carbocycles. The van der Waals surface area contributed by atoms with E-state index in [4.69, 9.17) is 9.51 Å². The zero-order valence-corrected chi connectivity index (χ0v) is 22.3. The van der Waals surface area contributed by atoms with Crippen LogP contribution in [0.2, 0.25) is 0 Å². The minimum absolute atomic E-state index is 0.00273. The summed E-state index contributed by atoms with van der Waals surface area (Å²) in [6, 6.07) is 5.85. The maximum Gasteiger partial charge on any atom is 0.325 e. The molecule has 2 saturated carbocycles. The number of nitrogens with one attached hydrogen (secondary N) is 2. The van der Waals surface area contributed by atoms with Crippen LogP contribution in [0, 0.1) is 18.8 Å². The Balaban J connectivity index is 1.28. The van der Waals surface area contributed by atoms with E-state index < -0.39 is 7.60 Å². The van der Waals surface area contributed by atoms with Crippen molar-refractivity contribution in [3.63, 3.8) is 0 Å². The third kappa shape index (κ3) is 6.49. The summed E-state index contributed by atoms with van der Waals surface area (Å²) in [5, 5.41) is 15.9. The molecule has 5 rings (SSSR count). The molecule has 0 spiro atoms. The first-order valence-electron chi connectivity index (χ1n) is 13.0. The van der Waals surface area contributed by atoms with Gasteiger partial charge in [-0.15, -0.1) is 0 Å². The summed E-state index contributed by atoms with van der Waals surface area (Å²) in [6.07, 6.45) is 5.21. The Morgan fingerprint density at radius 2 is 1.95 bits per heavy atom. The fourth-order valence-corrected chi connectivity index (χ4v) is 6.23. The fourth-order valence-electron chi connectivity index (χ4n) is 5.47. The number of aromatic nitrogens is 2. The van der Waals surface area contributed by atoms with Gasteiger partial charge in [0.05, 0.1) is 12.7 Å².